The van der Waals surface area contributed by atoms with E-state index >= 15 is 0 Å². The first-order valence-electron chi connectivity index (χ1n) is 11.1. The molecule has 0 aliphatic carbocycles. The molecular weight excluding hydrogens is 537 g/mol. The Bertz CT molecular complexity index is 1320. The average Bonchev–Trinajstić information content (AvgIpc) is 3.42. The molecule has 0 saturated carbocycles. The molecule has 0 radical (unpaired) electrons. The molecule has 1 saturated heterocycles. The van der Waals surface area contributed by atoms with Crippen LogP contribution in [0.2, 0.25) is 0 Å². The highest BCUT2D eigenvalue weighted by atomic mass is 79.9. The van der Waals surface area contributed by atoms with Crippen LogP contribution in [0.15, 0.2) is 41.4 Å². The Hall–Kier alpha value is -3.74. The lowest BCUT2D eigenvalue weighted by molar-refractivity contribution is -0.145. The van der Waals surface area contributed by atoms with Gasteiger partial charge in [0.1, 0.15) is 34.4 Å². The number of aromatic nitrogens is 5. The summed E-state index contributed by atoms with van der Waals surface area (Å²) in [6.45, 7) is 2.78. The topological polar surface area (TPSA) is 146 Å². The second kappa shape index (κ2) is 10.1. The van der Waals surface area contributed by atoms with Crippen LogP contribution < -0.4 is 5.73 Å². The molecule has 4 rings (SSSR count). The number of esters is 1. The number of carbonyl (C=O) groups excluding carboxylic acids is 3. The molecule has 1 aliphatic rings. The zero-order chi connectivity index (χ0) is 26.0. The fourth-order valence-electron chi connectivity index (χ4n) is 4.22. The lowest BCUT2D eigenvalue weighted by Crippen LogP contribution is -2.54. The van der Waals surface area contributed by atoms with E-state index < -0.39 is 36.0 Å². The van der Waals surface area contributed by atoms with Gasteiger partial charge in [0.05, 0.1) is 18.8 Å². The predicted molar refractivity (Wildman–Crippen MR) is 128 cm³/mol. The second-order valence-electron chi connectivity index (χ2n) is 8.20. The number of alkyl halides is 1. The van der Waals surface area contributed by atoms with Crippen molar-refractivity contribution in [3.63, 3.8) is 0 Å². The standard InChI is InChI=1S/C23H23BrFN7O4/c1-3-36-21(34)16-11-31(30-20(16)14-8-27-13(2)28-9-14)12-19(33)32-10-15(25)7-23(32,22(26)35)17-5-4-6-18(24)29-17/h4-6,8-9,11,15H,3,7,10,12H2,1-2H3,(H2,26,35)/t15-,23+/m1/s1. The molecule has 13 heteroatoms. The first-order valence-corrected chi connectivity index (χ1v) is 11.9. The van der Waals surface area contributed by atoms with Gasteiger partial charge in [-0.15, -0.1) is 0 Å². The maximum Gasteiger partial charge on any atom is 0.341 e. The lowest BCUT2D eigenvalue weighted by atomic mass is 9.90. The molecule has 0 unspecified atom stereocenters. The number of hydrogen-bond donors (Lipinski definition) is 1. The SMILES string of the molecule is CCOC(=O)c1cn(CC(=O)N2C[C@H](F)C[C@@]2(C(N)=O)c2cccc(Br)n2)nc1-c1cnc(C)nc1. The van der Waals surface area contributed by atoms with E-state index in [4.69, 9.17) is 10.5 Å². The summed E-state index contributed by atoms with van der Waals surface area (Å²) in [6, 6.07) is 4.79. The van der Waals surface area contributed by atoms with Crippen molar-refractivity contribution in [1.82, 2.24) is 29.6 Å². The Morgan fingerprint density at radius 1 is 1.28 bits per heavy atom. The molecule has 1 aliphatic heterocycles. The molecule has 0 aromatic carbocycles. The Balaban J connectivity index is 1.71. The van der Waals surface area contributed by atoms with Crippen LogP contribution in [0.4, 0.5) is 4.39 Å². The van der Waals surface area contributed by atoms with Gasteiger partial charge in [0.15, 0.2) is 5.54 Å². The van der Waals surface area contributed by atoms with Crippen LogP contribution in [0, 0.1) is 6.92 Å². The van der Waals surface area contributed by atoms with E-state index in [1.54, 1.807) is 26.0 Å². The summed E-state index contributed by atoms with van der Waals surface area (Å²) in [6.07, 6.45) is 2.55. The van der Waals surface area contributed by atoms with Crippen LogP contribution in [0.25, 0.3) is 11.3 Å². The van der Waals surface area contributed by atoms with E-state index in [0.717, 1.165) is 4.90 Å². The lowest BCUT2D eigenvalue weighted by Gasteiger charge is -2.35. The first-order chi connectivity index (χ1) is 17.1. The van der Waals surface area contributed by atoms with Gasteiger partial charge in [-0.25, -0.2) is 24.1 Å². The van der Waals surface area contributed by atoms with E-state index in [1.807, 2.05) is 0 Å². The molecule has 0 spiro atoms. The fourth-order valence-corrected chi connectivity index (χ4v) is 4.56. The molecule has 36 heavy (non-hydrogen) atoms. The number of likely N-dealkylation sites (tertiary alicyclic amines) is 1. The molecular formula is C23H23BrFN7O4. The quantitative estimate of drug-likeness (QED) is 0.341. The summed E-state index contributed by atoms with van der Waals surface area (Å²) < 4.78 is 21.5. The second-order valence-corrected chi connectivity index (χ2v) is 9.02. The summed E-state index contributed by atoms with van der Waals surface area (Å²) in [5.74, 6) is -1.63. The third-order valence-corrected chi connectivity index (χ3v) is 6.26. The van der Waals surface area contributed by atoms with E-state index in [2.05, 4.69) is 36.0 Å². The molecule has 2 amide bonds. The molecule has 3 aromatic heterocycles. The summed E-state index contributed by atoms with van der Waals surface area (Å²) >= 11 is 3.24. The van der Waals surface area contributed by atoms with Crippen LogP contribution >= 0.6 is 15.9 Å². The van der Waals surface area contributed by atoms with Crippen molar-refractivity contribution in [3.05, 3.63) is 58.5 Å². The normalized spacial score (nSPS) is 19.3. The highest BCUT2D eigenvalue weighted by Gasteiger charge is 2.55. The molecule has 2 atom stereocenters. The number of rotatable bonds is 7. The largest absolute Gasteiger partial charge is 0.462 e. The Kier molecular flexibility index (Phi) is 7.11. The first kappa shape index (κ1) is 25.4. The zero-order valence-electron chi connectivity index (χ0n) is 19.5. The van der Waals surface area contributed by atoms with Crippen LogP contribution in [-0.2, 0) is 26.4 Å². The monoisotopic (exact) mass is 559 g/mol. The molecule has 2 N–H and O–H groups in total. The number of aryl methyl sites for hydroxylation is 1. The average molecular weight is 560 g/mol. The van der Waals surface area contributed by atoms with Crippen molar-refractivity contribution < 1.29 is 23.5 Å². The maximum atomic E-state index is 14.7. The summed E-state index contributed by atoms with van der Waals surface area (Å²) in [7, 11) is 0. The number of primary amides is 1. The minimum atomic E-state index is -1.77. The Morgan fingerprint density at radius 3 is 2.64 bits per heavy atom. The van der Waals surface area contributed by atoms with Gasteiger partial charge in [0, 0.05) is 30.6 Å². The third-order valence-electron chi connectivity index (χ3n) is 5.81. The number of hydrogen-bond acceptors (Lipinski definition) is 8. The number of amides is 2. The van der Waals surface area contributed by atoms with Crippen molar-refractivity contribution in [2.75, 3.05) is 13.2 Å². The van der Waals surface area contributed by atoms with Gasteiger partial charge >= 0.3 is 5.97 Å². The third kappa shape index (κ3) is 4.70. The van der Waals surface area contributed by atoms with Crippen LogP contribution in [0.5, 0.6) is 0 Å². The van der Waals surface area contributed by atoms with E-state index in [0.29, 0.717) is 16.0 Å². The maximum absolute atomic E-state index is 14.7. The fraction of sp³-hybridized carbons (Fsp3) is 0.348. The molecule has 4 heterocycles. The Morgan fingerprint density at radius 2 is 2.00 bits per heavy atom. The molecule has 1 fully saturated rings. The number of carbonyl (C=O) groups is 3. The van der Waals surface area contributed by atoms with E-state index in [9.17, 15) is 18.8 Å². The van der Waals surface area contributed by atoms with Crippen LogP contribution in [0.1, 0.15) is 35.2 Å². The summed E-state index contributed by atoms with van der Waals surface area (Å²) in [4.78, 5) is 52.4. The molecule has 11 nitrogen and oxygen atoms in total. The molecule has 0 bridgehead atoms. The van der Waals surface area contributed by atoms with Gasteiger partial charge in [0.2, 0.25) is 11.8 Å². The van der Waals surface area contributed by atoms with Gasteiger partial charge in [-0.1, -0.05) is 6.07 Å². The highest BCUT2D eigenvalue weighted by molar-refractivity contribution is 9.10. The van der Waals surface area contributed by atoms with Crippen molar-refractivity contribution in [2.24, 2.45) is 5.73 Å². The number of pyridine rings is 1. The van der Waals surface area contributed by atoms with Crippen molar-refractivity contribution in [2.45, 2.75) is 38.5 Å². The molecule has 3 aromatic rings. The van der Waals surface area contributed by atoms with Crippen molar-refractivity contribution in [1.29, 1.82) is 0 Å². The molecule has 188 valence electrons. The van der Waals surface area contributed by atoms with Gasteiger partial charge in [0.25, 0.3) is 0 Å². The summed E-state index contributed by atoms with van der Waals surface area (Å²) in [5.41, 5.74) is 4.90. The van der Waals surface area contributed by atoms with Crippen LogP contribution in [-0.4, -0.2) is 66.7 Å². The number of ether oxygens (including phenoxy) is 1. The minimum absolute atomic E-state index is 0.108. The van der Waals surface area contributed by atoms with Gasteiger partial charge in [-0.05, 0) is 41.9 Å². The van der Waals surface area contributed by atoms with Crippen molar-refractivity contribution in [3.8, 4) is 11.3 Å². The van der Waals surface area contributed by atoms with Gasteiger partial charge in [-0.2, -0.15) is 5.10 Å². The Labute approximate surface area is 214 Å². The highest BCUT2D eigenvalue weighted by Crippen LogP contribution is 2.40. The van der Waals surface area contributed by atoms with E-state index in [-0.39, 0.29) is 36.5 Å². The predicted octanol–water partition coefficient (Wildman–Crippen LogP) is 1.93. The number of nitrogens with two attached hydrogens (primary N) is 1. The van der Waals surface area contributed by atoms with Gasteiger partial charge in [-0.3, -0.25) is 14.3 Å². The van der Waals surface area contributed by atoms with Crippen molar-refractivity contribution >= 4 is 33.7 Å². The summed E-state index contributed by atoms with van der Waals surface area (Å²) in [5, 5.41) is 4.38. The smallest absolute Gasteiger partial charge is 0.341 e. The van der Waals surface area contributed by atoms with Crippen LogP contribution in [0.3, 0.4) is 0 Å². The number of nitrogens with zero attached hydrogens (tertiary/aromatic N) is 6. The van der Waals surface area contributed by atoms with E-state index in [1.165, 1.54) is 29.3 Å². The minimum Gasteiger partial charge on any atom is -0.462 e. The zero-order valence-corrected chi connectivity index (χ0v) is 21.1. The number of halogens is 2. The van der Waals surface area contributed by atoms with Gasteiger partial charge < -0.3 is 15.4 Å².